The average molecular weight is 263 g/mol. The summed E-state index contributed by atoms with van der Waals surface area (Å²) < 4.78 is 0. The number of fused-ring (bicyclic) bond motifs is 1. The molecule has 1 aromatic heterocycles. The minimum absolute atomic E-state index is 0.426. The van der Waals surface area contributed by atoms with E-state index in [4.69, 9.17) is 5.11 Å². The number of H-pyrrole nitrogens is 2. The Balaban J connectivity index is 2.41. The van der Waals surface area contributed by atoms with E-state index in [2.05, 4.69) is 15.3 Å². The normalized spacial score (nSPS) is 12.3. The van der Waals surface area contributed by atoms with Crippen molar-refractivity contribution >= 4 is 22.7 Å². The topological polar surface area (TPSA) is 115 Å². The van der Waals surface area contributed by atoms with E-state index in [1.165, 1.54) is 0 Å². The number of aromatic nitrogens is 2. The Morgan fingerprint density at radius 2 is 1.89 bits per heavy atom. The number of hydrogen-bond acceptors (Lipinski definition) is 4. The van der Waals surface area contributed by atoms with Crippen LogP contribution in [0, 0.1) is 0 Å². The van der Waals surface area contributed by atoms with Crippen molar-refractivity contribution in [3.05, 3.63) is 38.9 Å². The number of carboxylic acid groups (broad SMARTS) is 1. The second-order valence-corrected chi connectivity index (χ2v) is 4.11. The molecule has 0 saturated heterocycles. The molecule has 0 bridgehead atoms. The average Bonchev–Trinajstić information content (AvgIpc) is 2.37. The van der Waals surface area contributed by atoms with Crippen molar-refractivity contribution in [1.29, 1.82) is 0 Å². The van der Waals surface area contributed by atoms with Crippen molar-refractivity contribution in [2.45, 2.75) is 19.4 Å². The molecule has 2 aromatic rings. The first kappa shape index (κ1) is 12.9. The molecule has 0 aliphatic heterocycles. The summed E-state index contributed by atoms with van der Waals surface area (Å²) in [6.07, 6.45) is 0.426. The van der Waals surface area contributed by atoms with Gasteiger partial charge in [-0.3, -0.25) is 9.59 Å². The molecule has 1 heterocycles. The van der Waals surface area contributed by atoms with Crippen LogP contribution in [0.5, 0.6) is 0 Å². The summed E-state index contributed by atoms with van der Waals surface area (Å²) in [5.41, 5.74) is 0.0259. The third kappa shape index (κ3) is 2.65. The Morgan fingerprint density at radius 3 is 2.47 bits per heavy atom. The summed E-state index contributed by atoms with van der Waals surface area (Å²) in [6.45, 7) is 1.76. The molecule has 1 unspecified atom stereocenters. The first-order chi connectivity index (χ1) is 9.01. The minimum atomic E-state index is -0.947. The molecule has 1 aromatic carbocycles. The van der Waals surface area contributed by atoms with Gasteiger partial charge in [0.2, 0.25) is 0 Å². The van der Waals surface area contributed by atoms with Gasteiger partial charge in [-0.2, -0.15) is 0 Å². The van der Waals surface area contributed by atoms with E-state index < -0.39 is 23.1 Å². The van der Waals surface area contributed by atoms with Crippen LogP contribution < -0.4 is 16.4 Å². The molecule has 4 N–H and O–H groups in total. The number of rotatable bonds is 4. The monoisotopic (exact) mass is 263 g/mol. The Morgan fingerprint density at radius 1 is 1.26 bits per heavy atom. The third-order valence-corrected chi connectivity index (χ3v) is 2.77. The molecule has 100 valence electrons. The fraction of sp³-hybridized carbons (Fsp3) is 0.250. The van der Waals surface area contributed by atoms with Crippen molar-refractivity contribution < 1.29 is 9.90 Å². The highest BCUT2D eigenvalue weighted by molar-refractivity contribution is 5.81. The highest BCUT2D eigenvalue weighted by Gasteiger charge is 2.14. The summed E-state index contributed by atoms with van der Waals surface area (Å²) in [5.74, 6) is -0.947. The standard InChI is InChI=1S/C12H13N3O4/c1-2-7(12(18)19)13-6-3-4-8-9(5-6)15-11(17)10(16)14-8/h3-5,7,13H,2H2,1H3,(H,14,16)(H,15,17)(H,18,19). The van der Waals surface area contributed by atoms with Gasteiger partial charge in [-0.25, -0.2) is 4.79 Å². The van der Waals surface area contributed by atoms with Crippen molar-refractivity contribution in [3.8, 4) is 0 Å². The molecular weight excluding hydrogens is 250 g/mol. The summed E-state index contributed by atoms with van der Waals surface area (Å²) in [6, 6.07) is 4.12. The van der Waals surface area contributed by atoms with Crippen LogP contribution in [0.15, 0.2) is 27.8 Å². The van der Waals surface area contributed by atoms with Crippen LogP contribution in [0.25, 0.3) is 11.0 Å². The van der Waals surface area contributed by atoms with Crippen LogP contribution in [-0.4, -0.2) is 27.1 Å². The molecule has 1 atom stereocenters. The zero-order valence-electron chi connectivity index (χ0n) is 10.2. The van der Waals surface area contributed by atoms with Crippen molar-refractivity contribution in [1.82, 2.24) is 9.97 Å². The van der Waals surface area contributed by atoms with Crippen molar-refractivity contribution in [3.63, 3.8) is 0 Å². The summed E-state index contributed by atoms with van der Waals surface area (Å²) in [7, 11) is 0. The lowest BCUT2D eigenvalue weighted by Gasteiger charge is -2.13. The van der Waals surface area contributed by atoms with Gasteiger partial charge in [-0.05, 0) is 24.6 Å². The number of aliphatic carboxylic acids is 1. The van der Waals surface area contributed by atoms with E-state index in [0.29, 0.717) is 23.1 Å². The van der Waals surface area contributed by atoms with E-state index in [1.54, 1.807) is 25.1 Å². The molecule has 0 spiro atoms. The third-order valence-electron chi connectivity index (χ3n) is 2.77. The number of carbonyl (C=O) groups is 1. The van der Waals surface area contributed by atoms with Crippen LogP contribution in [-0.2, 0) is 4.79 Å². The van der Waals surface area contributed by atoms with Gasteiger partial charge < -0.3 is 20.4 Å². The summed E-state index contributed by atoms with van der Waals surface area (Å²) in [4.78, 5) is 38.1. The molecular formula is C12H13N3O4. The Bertz CT molecular complexity index is 732. The van der Waals surface area contributed by atoms with E-state index in [-0.39, 0.29) is 0 Å². The molecule has 7 heteroatoms. The number of carboxylic acids is 1. The van der Waals surface area contributed by atoms with Gasteiger partial charge in [0, 0.05) is 5.69 Å². The molecule has 0 aliphatic rings. The predicted molar refractivity (Wildman–Crippen MR) is 70.5 cm³/mol. The first-order valence-electron chi connectivity index (χ1n) is 5.77. The van der Waals surface area contributed by atoms with Gasteiger partial charge in [0.1, 0.15) is 6.04 Å². The lowest BCUT2D eigenvalue weighted by molar-refractivity contribution is -0.137. The Kier molecular flexibility index (Phi) is 3.37. The first-order valence-corrected chi connectivity index (χ1v) is 5.77. The number of nitrogens with one attached hydrogen (secondary N) is 3. The van der Waals surface area contributed by atoms with E-state index >= 15 is 0 Å². The molecule has 0 radical (unpaired) electrons. The van der Waals surface area contributed by atoms with Gasteiger partial charge in [0.15, 0.2) is 0 Å². The second-order valence-electron chi connectivity index (χ2n) is 4.11. The molecule has 0 fully saturated rings. The van der Waals surface area contributed by atoms with Crippen LogP contribution >= 0.6 is 0 Å². The van der Waals surface area contributed by atoms with Gasteiger partial charge in [0.25, 0.3) is 0 Å². The lowest BCUT2D eigenvalue weighted by atomic mass is 10.2. The number of benzene rings is 1. The van der Waals surface area contributed by atoms with E-state index in [9.17, 15) is 14.4 Å². The highest BCUT2D eigenvalue weighted by atomic mass is 16.4. The van der Waals surface area contributed by atoms with Crippen molar-refractivity contribution in [2.75, 3.05) is 5.32 Å². The zero-order valence-corrected chi connectivity index (χ0v) is 10.2. The SMILES string of the molecule is CCC(Nc1ccc2[nH]c(=O)c(=O)[nH]c2c1)C(=O)O. The van der Waals surface area contributed by atoms with Gasteiger partial charge in [0.05, 0.1) is 11.0 Å². The molecule has 0 aliphatic carbocycles. The van der Waals surface area contributed by atoms with Crippen LogP contribution in [0.3, 0.4) is 0 Å². The van der Waals surface area contributed by atoms with Crippen LogP contribution in [0.4, 0.5) is 5.69 Å². The number of anilines is 1. The maximum absolute atomic E-state index is 11.2. The quantitative estimate of drug-likeness (QED) is 0.599. The molecule has 0 saturated carbocycles. The maximum atomic E-state index is 11.2. The predicted octanol–water partition coefficient (Wildman–Crippen LogP) is 0.491. The highest BCUT2D eigenvalue weighted by Crippen LogP contribution is 2.15. The second kappa shape index (κ2) is 4.97. The number of hydrogen-bond donors (Lipinski definition) is 4. The lowest BCUT2D eigenvalue weighted by Crippen LogP contribution is -2.29. The van der Waals surface area contributed by atoms with Gasteiger partial charge in [-0.1, -0.05) is 6.92 Å². The van der Waals surface area contributed by atoms with E-state index in [0.717, 1.165) is 0 Å². The molecule has 19 heavy (non-hydrogen) atoms. The summed E-state index contributed by atoms with van der Waals surface area (Å²) in [5, 5.41) is 11.8. The van der Waals surface area contributed by atoms with Crippen LogP contribution in [0.2, 0.25) is 0 Å². The van der Waals surface area contributed by atoms with E-state index in [1.807, 2.05) is 0 Å². The molecule has 2 rings (SSSR count). The largest absolute Gasteiger partial charge is 0.480 e. The van der Waals surface area contributed by atoms with Crippen LogP contribution in [0.1, 0.15) is 13.3 Å². The van der Waals surface area contributed by atoms with Gasteiger partial charge >= 0.3 is 17.1 Å². The van der Waals surface area contributed by atoms with Crippen molar-refractivity contribution in [2.24, 2.45) is 0 Å². The smallest absolute Gasteiger partial charge is 0.326 e. The zero-order chi connectivity index (χ0) is 14.0. The fourth-order valence-corrected chi connectivity index (χ4v) is 1.74. The number of aromatic amines is 2. The maximum Gasteiger partial charge on any atom is 0.326 e. The molecule has 7 nitrogen and oxygen atoms in total. The Hall–Kier alpha value is -2.57. The molecule has 0 amide bonds. The van der Waals surface area contributed by atoms with Gasteiger partial charge in [-0.15, -0.1) is 0 Å². The summed E-state index contributed by atoms with van der Waals surface area (Å²) >= 11 is 0. The minimum Gasteiger partial charge on any atom is -0.480 e. The fourth-order valence-electron chi connectivity index (χ4n) is 1.74. The Labute approximate surface area is 107 Å².